The van der Waals surface area contributed by atoms with Crippen LogP contribution in [-0.4, -0.2) is 31.6 Å². The van der Waals surface area contributed by atoms with E-state index in [9.17, 15) is 14.0 Å². The van der Waals surface area contributed by atoms with Gasteiger partial charge in [0, 0.05) is 30.9 Å². The number of carbonyl (C=O) groups excluding carboxylic acids is 2. The zero-order valence-corrected chi connectivity index (χ0v) is 14.0. The van der Waals surface area contributed by atoms with Crippen molar-refractivity contribution in [3.8, 4) is 0 Å². The van der Waals surface area contributed by atoms with Gasteiger partial charge in [0.1, 0.15) is 5.82 Å². The van der Waals surface area contributed by atoms with E-state index in [0.29, 0.717) is 37.2 Å². The number of nitrogens with one attached hydrogen (secondary N) is 2. The lowest BCUT2D eigenvalue weighted by Crippen LogP contribution is -2.29. The molecule has 2 aromatic rings. The van der Waals surface area contributed by atoms with Crippen molar-refractivity contribution >= 4 is 17.6 Å². The molecule has 0 aromatic heterocycles. The minimum Gasteiger partial charge on any atom is -0.352 e. The molecule has 3 rings (SSSR count). The van der Waals surface area contributed by atoms with Gasteiger partial charge >= 0.3 is 6.03 Å². The van der Waals surface area contributed by atoms with Gasteiger partial charge in [-0.1, -0.05) is 24.3 Å². The van der Waals surface area contributed by atoms with Gasteiger partial charge in [-0.05, 0) is 42.7 Å². The summed E-state index contributed by atoms with van der Waals surface area (Å²) in [5, 5.41) is 5.55. The van der Waals surface area contributed by atoms with Crippen molar-refractivity contribution in [1.29, 1.82) is 0 Å². The zero-order valence-electron chi connectivity index (χ0n) is 14.0. The molecule has 130 valence electrons. The van der Waals surface area contributed by atoms with Gasteiger partial charge in [-0.25, -0.2) is 9.18 Å². The number of anilines is 1. The first kappa shape index (κ1) is 17.0. The predicted molar refractivity (Wildman–Crippen MR) is 94.4 cm³/mol. The van der Waals surface area contributed by atoms with Crippen LogP contribution in [0.25, 0.3) is 0 Å². The molecule has 0 radical (unpaired) electrons. The van der Waals surface area contributed by atoms with Crippen LogP contribution in [0.15, 0.2) is 42.5 Å². The Labute approximate surface area is 145 Å². The molecule has 0 aliphatic carbocycles. The molecule has 1 saturated heterocycles. The van der Waals surface area contributed by atoms with Crippen LogP contribution in [0.1, 0.15) is 21.5 Å². The van der Waals surface area contributed by atoms with E-state index in [4.69, 9.17) is 0 Å². The second-order valence-electron chi connectivity index (χ2n) is 5.98. The highest BCUT2D eigenvalue weighted by molar-refractivity contribution is 5.99. The van der Waals surface area contributed by atoms with Gasteiger partial charge in [0.05, 0.1) is 0 Å². The molecular formula is C19H20FN3O2. The first-order valence-electron chi connectivity index (χ1n) is 8.24. The fourth-order valence-corrected chi connectivity index (χ4v) is 2.86. The Morgan fingerprint density at radius 2 is 2.08 bits per heavy atom. The quantitative estimate of drug-likeness (QED) is 0.878. The van der Waals surface area contributed by atoms with Crippen molar-refractivity contribution in [3.63, 3.8) is 0 Å². The largest absolute Gasteiger partial charge is 0.352 e. The molecule has 0 atom stereocenters. The average Bonchev–Trinajstić information content (AvgIpc) is 3.03. The van der Waals surface area contributed by atoms with Crippen molar-refractivity contribution in [1.82, 2.24) is 10.6 Å². The number of halogens is 1. The monoisotopic (exact) mass is 341 g/mol. The van der Waals surface area contributed by atoms with E-state index in [-0.39, 0.29) is 17.8 Å². The Bertz CT molecular complexity index is 807. The lowest BCUT2D eigenvalue weighted by molar-refractivity contribution is 0.0954. The van der Waals surface area contributed by atoms with Crippen molar-refractivity contribution < 1.29 is 14.0 Å². The Balaban J connectivity index is 1.66. The van der Waals surface area contributed by atoms with Crippen molar-refractivity contribution in [2.24, 2.45) is 0 Å². The lowest BCUT2D eigenvalue weighted by Gasteiger charge is -2.18. The third kappa shape index (κ3) is 3.79. The molecule has 2 aromatic carbocycles. The fourth-order valence-electron chi connectivity index (χ4n) is 2.86. The van der Waals surface area contributed by atoms with Crippen LogP contribution in [-0.2, 0) is 6.42 Å². The summed E-state index contributed by atoms with van der Waals surface area (Å²) in [4.78, 5) is 25.8. The van der Waals surface area contributed by atoms with Crippen molar-refractivity contribution in [2.75, 3.05) is 24.5 Å². The normalized spacial score (nSPS) is 13.7. The number of amides is 3. The molecule has 1 aliphatic rings. The van der Waals surface area contributed by atoms with Crippen LogP contribution < -0.4 is 15.5 Å². The summed E-state index contributed by atoms with van der Waals surface area (Å²) in [6.07, 6.45) is 0.422. The second kappa shape index (κ2) is 7.34. The Kier molecular flexibility index (Phi) is 4.97. The van der Waals surface area contributed by atoms with Crippen molar-refractivity contribution in [3.05, 3.63) is 65.0 Å². The average molecular weight is 341 g/mol. The van der Waals surface area contributed by atoms with Crippen LogP contribution in [0.4, 0.5) is 14.9 Å². The van der Waals surface area contributed by atoms with Gasteiger partial charge in [-0.15, -0.1) is 0 Å². The summed E-state index contributed by atoms with van der Waals surface area (Å²) in [6.45, 7) is 3.42. The Morgan fingerprint density at radius 3 is 2.80 bits per heavy atom. The summed E-state index contributed by atoms with van der Waals surface area (Å²) >= 11 is 0. The summed E-state index contributed by atoms with van der Waals surface area (Å²) in [6, 6.07) is 11.6. The molecule has 5 nitrogen and oxygen atoms in total. The maximum Gasteiger partial charge on any atom is 0.322 e. The molecule has 1 heterocycles. The number of nitrogens with zero attached hydrogens (tertiary/aromatic N) is 1. The molecule has 0 saturated carbocycles. The summed E-state index contributed by atoms with van der Waals surface area (Å²) < 4.78 is 13.6. The van der Waals surface area contributed by atoms with Gasteiger partial charge in [0.2, 0.25) is 0 Å². The molecule has 0 spiro atoms. The Hall–Kier alpha value is -2.89. The highest BCUT2D eigenvalue weighted by atomic mass is 19.1. The molecule has 2 N–H and O–H groups in total. The maximum absolute atomic E-state index is 13.6. The first-order valence-corrected chi connectivity index (χ1v) is 8.24. The standard InChI is InChI=1S/C19H20FN3O2/c1-13-6-7-15(12-17(13)23-11-10-22-19(23)25)18(24)21-9-8-14-4-2-3-5-16(14)20/h2-7,12H,8-11H2,1H3,(H,21,24)(H,22,25). The number of benzene rings is 2. The van der Waals surface area contributed by atoms with Crippen LogP contribution in [0.2, 0.25) is 0 Å². The number of rotatable bonds is 5. The van der Waals surface area contributed by atoms with E-state index in [1.807, 2.05) is 13.0 Å². The van der Waals surface area contributed by atoms with Gasteiger partial charge in [-0.3, -0.25) is 9.69 Å². The SMILES string of the molecule is Cc1ccc(C(=O)NCCc2ccccc2F)cc1N1CCNC1=O. The fraction of sp³-hybridized carbons (Fsp3) is 0.263. The van der Waals surface area contributed by atoms with E-state index in [1.54, 1.807) is 35.2 Å². The van der Waals surface area contributed by atoms with Crippen LogP contribution in [0, 0.1) is 12.7 Å². The summed E-state index contributed by atoms with van der Waals surface area (Å²) in [7, 11) is 0. The number of hydrogen-bond acceptors (Lipinski definition) is 2. The molecule has 1 fully saturated rings. The molecule has 0 bridgehead atoms. The number of aryl methyl sites for hydroxylation is 1. The smallest absolute Gasteiger partial charge is 0.322 e. The highest BCUT2D eigenvalue weighted by Gasteiger charge is 2.23. The maximum atomic E-state index is 13.6. The van der Waals surface area contributed by atoms with Crippen LogP contribution in [0.5, 0.6) is 0 Å². The Morgan fingerprint density at radius 1 is 1.28 bits per heavy atom. The van der Waals surface area contributed by atoms with Crippen molar-refractivity contribution in [2.45, 2.75) is 13.3 Å². The van der Waals surface area contributed by atoms with Crippen LogP contribution >= 0.6 is 0 Å². The minimum atomic E-state index is -0.269. The van der Waals surface area contributed by atoms with Gasteiger partial charge < -0.3 is 10.6 Å². The van der Waals surface area contributed by atoms with E-state index >= 15 is 0 Å². The second-order valence-corrected chi connectivity index (χ2v) is 5.98. The zero-order chi connectivity index (χ0) is 17.8. The summed E-state index contributed by atoms with van der Waals surface area (Å²) in [5.41, 5.74) is 2.71. The number of carbonyl (C=O) groups is 2. The molecule has 6 heteroatoms. The van der Waals surface area contributed by atoms with Gasteiger partial charge in [-0.2, -0.15) is 0 Å². The topological polar surface area (TPSA) is 61.4 Å². The number of hydrogen-bond donors (Lipinski definition) is 2. The molecule has 25 heavy (non-hydrogen) atoms. The molecule has 3 amide bonds. The minimum absolute atomic E-state index is 0.153. The number of urea groups is 1. The lowest BCUT2D eigenvalue weighted by atomic mass is 10.1. The van der Waals surface area contributed by atoms with Gasteiger partial charge in [0.25, 0.3) is 5.91 Å². The summed E-state index contributed by atoms with van der Waals surface area (Å²) in [5.74, 6) is -0.508. The van der Waals surface area contributed by atoms with E-state index in [2.05, 4.69) is 10.6 Å². The van der Waals surface area contributed by atoms with E-state index in [0.717, 1.165) is 11.3 Å². The highest BCUT2D eigenvalue weighted by Crippen LogP contribution is 2.23. The first-order chi connectivity index (χ1) is 12.1. The molecule has 0 unspecified atom stereocenters. The predicted octanol–water partition coefficient (Wildman–Crippen LogP) is 2.64. The molecule has 1 aliphatic heterocycles. The molecular weight excluding hydrogens is 321 g/mol. The third-order valence-corrected chi connectivity index (χ3v) is 4.26. The third-order valence-electron chi connectivity index (χ3n) is 4.26. The van der Waals surface area contributed by atoms with Gasteiger partial charge in [0.15, 0.2) is 0 Å². The van der Waals surface area contributed by atoms with E-state index in [1.165, 1.54) is 6.07 Å². The van der Waals surface area contributed by atoms with E-state index < -0.39 is 0 Å². The van der Waals surface area contributed by atoms with Crippen LogP contribution in [0.3, 0.4) is 0 Å².